The van der Waals surface area contributed by atoms with E-state index in [0.717, 1.165) is 38.8 Å². The summed E-state index contributed by atoms with van der Waals surface area (Å²) in [6.07, 6.45) is 17.6. The highest BCUT2D eigenvalue weighted by atomic mass is 16.5. The van der Waals surface area contributed by atoms with Gasteiger partial charge in [0.1, 0.15) is 0 Å². The number of aliphatic hydroxyl groups is 1. The molecule has 2 atom stereocenters. The highest BCUT2D eigenvalue weighted by molar-refractivity contribution is 4.89. The molecular formula is C22H45NO2. The summed E-state index contributed by atoms with van der Waals surface area (Å²) in [6.45, 7) is 8.29. The summed E-state index contributed by atoms with van der Waals surface area (Å²) in [5.74, 6) is 0. The molecule has 0 bridgehead atoms. The van der Waals surface area contributed by atoms with E-state index in [9.17, 15) is 5.11 Å². The van der Waals surface area contributed by atoms with Crippen molar-refractivity contribution in [3.05, 3.63) is 0 Å². The molecule has 0 aromatic heterocycles. The minimum absolute atomic E-state index is 0.349. The van der Waals surface area contributed by atoms with Crippen LogP contribution in [-0.2, 0) is 4.74 Å². The largest absolute Gasteiger partial charge is 0.390 e. The van der Waals surface area contributed by atoms with E-state index >= 15 is 0 Å². The van der Waals surface area contributed by atoms with Crippen LogP contribution in [-0.4, -0.2) is 36.0 Å². The first-order valence-corrected chi connectivity index (χ1v) is 11.2. The van der Waals surface area contributed by atoms with Crippen LogP contribution in [0, 0.1) is 0 Å². The fraction of sp³-hybridized carbons (Fsp3) is 1.00. The molecule has 0 amide bonds. The van der Waals surface area contributed by atoms with Gasteiger partial charge in [-0.15, -0.1) is 0 Å². The van der Waals surface area contributed by atoms with Gasteiger partial charge in [-0.3, -0.25) is 0 Å². The van der Waals surface area contributed by atoms with Gasteiger partial charge in [0.2, 0.25) is 0 Å². The number of ether oxygens (including phenoxy) is 1. The predicted molar refractivity (Wildman–Crippen MR) is 108 cm³/mol. The number of hydrogen-bond acceptors (Lipinski definition) is 3. The molecule has 150 valence electrons. The van der Waals surface area contributed by atoms with E-state index in [0.29, 0.717) is 12.1 Å². The smallest absolute Gasteiger partial charge is 0.0714 e. The average Bonchev–Trinajstić information content (AvgIpc) is 3.06. The number of unbranched alkanes of at least 4 members (excludes halogenated alkanes) is 9. The Balaban J connectivity index is 1.93. The number of hydrogen-bond donors (Lipinski definition) is 2. The van der Waals surface area contributed by atoms with Crippen molar-refractivity contribution in [3.63, 3.8) is 0 Å². The van der Waals surface area contributed by atoms with E-state index in [1.807, 2.05) is 0 Å². The summed E-state index contributed by atoms with van der Waals surface area (Å²) < 4.78 is 6.04. The second-order valence-electron chi connectivity index (χ2n) is 8.15. The van der Waals surface area contributed by atoms with Crippen molar-refractivity contribution in [1.82, 2.24) is 5.32 Å². The molecule has 2 N–H and O–H groups in total. The first-order valence-electron chi connectivity index (χ1n) is 11.2. The van der Waals surface area contributed by atoms with Gasteiger partial charge in [0, 0.05) is 19.2 Å². The van der Waals surface area contributed by atoms with Gasteiger partial charge in [0.05, 0.1) is 11.7 Å². The Morgan fingerprint density at radius 3 is 2.00 bits per heavy atom. The van der Waals surface area contributed by atoms with E-state index in [4.69, 9.17) is 4.74 Å². The topological polar surface area (TPSA) is 41.5 Å². The maximum absolute atomic E-state index is 10.5. The van der Waals surface area contributed by atoms with Crippen LogP contribution in [0.4, 0.5) is 0 Å². The van der Waals surface area contributed by atoms with Gasteiger partial charge in [0.25, 0.3) is 0 Å². The summed E-state index contributed by atoms with van der Waals surface area (Å²) in [7, 11) is 0. The van der Waals surface area contributed by atoms with Crippen LogP contribution < -0.4 is 5.32 Å². The fourth-order valence-corrected chi connectivity index (χ4v) is 3.90. The Hall–Kier alpha value is -0.120. The van der Waals surface area contributed by atoms with Gasteiger partial charge in [0.15, 0.2) is 0 Å². The second-order valence-corrected chi connectivity index (χ2v) is 8.15. The molecule has 0 aromatic carbocycles. The molecule has 1 fully saturated rings. The minimum atomic E-state index is -0.497. The SMILES string of the molecule is CCCCCCCCCCCCO[C@H]1CN[C@H](CC(O)(CC)CC)C1. The maximum atomic E-state index is 10.5. The van der Waals surface area contributed by atoms with Gasteiger partial charge in [-0.2, -0.15) is 0 Å². The van der Waals surface area contributed by atoms with Crippen molar-refractivity contribution in [2.24, 2.45) is 0 Å². The molecule has 0 saturated carbocycles. The normalized spacial score (nSPS) is 21.1. The Kier molecular flexibility index (Phi) is 12.8. The first-order chi connectivity index (χ1) is 12.1. The van der Waals surface area contributed by atoms with Crippen LogP contribution in [0.1, 0.15) is 111 Å². The molecule has 1 aliphatic rings. The molecule has 1 aliphatic heterocycles. The summed E-state index contributed by atoms with van der Waals surface area (Å²) >= 11 is 0. The lowest BCUT2D eigenvalue weighted by Crippen LogP contribution is -2.36. The maximum Gasteiger partial charge on any atom is 0.0714 e. The van der Waals surface area contributed by atoms with Crippen LogP contribution in [0.3, 0.4) is 0 Å². The van der Waals surface area contributed by atoms with E-state index in [2.05, 4.69) is 26.1 Å². The third-order valence-corrected chi connectivity index (χ3v) is 5.98. The average molecular weight is 356 g/mol. The standard InChI is InChI=1S/C22H45NO2/c1-4-7-8-9-10-11-12-13-14-15-16-25-21-17-20(23-19-21)18-22(24,5-2)6-3/h20-21,23-24H,4-19H2,1-3H3/t20-,21+/m0/s1. The summed E-state index contributed by atoms with van der Waals surface area (Å²) in [4.78, 5) is 0. The molecule has 0 unspecified atom stereocenters. The van der Waals surface area contributed by atoms with Crippen LogP contribution in [0.5, 0.6) is 0 Å². The molecule has 0 spiro atoms. The number of rotatable bonds is 16. The van der Waals surface area contributed by atoms with Crippen molar-refractivity contribution in [3.8, 4) is 0 Å². The molecule has 1 rings (SSSR count). The van der Waals surface area contributed by atoms with Crippen molar-refractivity contribution < 1.29 is 9.84 Å². The van der Waals surface area contributed by atoms with Crippen molar-refractivity contribution in [1.29, 1.82) is 0 Å². The van der Waals surface area contributed by atoms with Crippen molar-refractivity contribution in [2.45, 2.75) is 128 Å². The third-order valence-electron chi connectivity index (χ3n) is 5.98. The molecule has 3 nitrogen and oxygen atoms in total. The molecule has 1 saturated heterocycles. The van der Waals surface area contributed by atoms with Crippen LogP contribution in [0.2, 0.25) is 0 Å². The quantitative estimate of drug-likeness (QED) is 0.354. The molecule has 3 heteroatoms. The Morgan fingerprint density at radius 2 is 1.44 bits per heavy atom. The van der Waals surface area contributed by atoms with Crippen LogP contribution >= 0.6 is 0 Å². The zero-order chi connectivity index (χ0) is 18.4. The molecule has 0 radical (unpaired) electrons. The van der Waals surface area contributed by atoms with Crippen molar-refractivity contribution in [2.75, 3.05) is 13.2 Å². The predicted octanol–water partition coefficient (Wildman–Crippen LogP) is 5.60. The molecule has 1 heterocycles. The molecule has 25 heavy (non-hydrogen) atoms. The van der Waals surface area contributed by atoms with E-state index in [1.165, 1.54) is 64.2 Å². The monoisotopic (exact) mass is 355 g/mol. The second kappa shape index (κ2) is 14.0. The van der Waals surface area contributed by atoms with Gasteiger partial charge in [-0.25, -0.2) is 0 Å². The lowest BCUT2D eigenvalue weighted by atomic mass is 9.89. The van der Waals surface area contributed by atoms with Gasteiger partial charge in [-0.05, 0) is 32.1 Å². The lowest BCUT2D eigenvalue weighted by molar-refractivity contribution is 0.0124. The molecule has 0 aliphatic carbocycles. The first kappa shape index (κ1) is 22.9. The fourth-order valence-electron chi connectivity index (χ4n) is 3.90. The zero-order valence-electron chi connectivity index (χ0n) is 17.3. The lowest BCUT2D eigenvalue weighted by Gasteiger charge is -2.28. The Labute approximate surface area is 157 Å². The number of nitrogens with one attached hydrogen (secondary N) is 1. The van der Waals surface area contributed by atoms with Gasteiger partial charge >= 0.3 is 0 Å². The zero-order valence-corrected chi connectivity index (χ0v) is 17.3. The summed E-state index contributed by atoms with van der Waals surface area (Å²) in [6, 6.07) is 0.419. The Morgan fingerprint density at radius 1 is 0.880 bits per heavy atom. The van der Waals surface area contributed by atoms with Gasteiger partial charge < -0.3 is 15.2 Å². The summed E-state index contributed by atoms with van der Waals surface area (Å²) in [5, 5.41) is 14.0. The molecular weight excluding hydrogens is 310 g/mol. The van der Waals surface area contributed by atoms with E-state index in [1.54, 1.807) is 0 Å². The van der Waals surface area contributed by atoms with Crippen LogP contribution in [0.25, 0.3) is 0 Å². The van der Waals surface area contributed by atoms with E-state index < -0.39 is 5.60 Å². The highest BCUT2D eigenvalue weighted by Crippen LogP contribution is 2.25. The Bertz CT molecular complexity index is 304. The molecule has 0 aromatic rings. The van der Waals surface area contributed by atoms with Gasteiger partial charge in [-0.1, -0.05) is 78.6 Å². The van der Waals surface area contributed by atoms with Crippen LogP contribution in [0.15, 0.2) is 0 Å². The minimum Gasteiger partial charge on any atom is -0.390 e. The summed E-state index contributed by atoms with van der Waals surface area (Å²) in [5.41, 5.74) is -0.497. The van der Waals surface area contributed by atoms with Crippen molar-refractivity contribution >= 4 is 0 Å². The highest BCUT2D eigenvalue weighted by Gasteiger charge is 2.32. The van der Waals surface area contributed by atoms with E-state index in [-0.39, 0.29) is 0 Å². The third kappa shape index (κ3) is 10.6.